The second kappa shape index (κ2) is 6.69. The molecule has 0 bridgehead atoms. The van der Waals surface area contributed by atoms with Gasteiger partial charge in [0.15, 0.2) is 29.4 Å². The van der Waals surface area contributed by atoms with Crippen molar-refractivity contribution in [1.29, 1.82) is 0 Å². The molecule has 1 aromatic carbocycles. The van der Waals surface area contributed by atoms with E-state index in [4.69, 9.17) is 4.74 Å². The number of rotatable bonds is 1. The molecule has 2 aromatic heterocycles. The molecule has 3 aromatic rings. The predicted molar refractivity (Wildman–Crippen MR) is 96.2 cm³/mol. The summed E-state index contributed by atoms with van der Waals surface area (Å²) in [6.45, 7) is 7.89. The van der Waals surface area contributed by atoms with Crippen LogP contribution in [0.5, 0.6) is 5.75 Å². The zero-order valence-electron chi connectivity index (χ0n) is 14.9. The molecule has 0 saturated carbocycles. The maximum Gasteiger partial charge on any atom is 0.199 e. The van der Waals surface area contributed by atoms with Crippen LogP contribution in [0, 0.1) is 13.8 Å². The zero-order valence-corrected chi connectivity index (χ0v) is 14.9. The van der Waals surface area contributed by atoms with Crippen molar-refractivity contribution in [2.45, 2.75) is 39.9 Å². The van der Waals surface area contributed by atoms with Crippen LogP contribution >= 0.6 is 0 Å². The fourth-order valence-corrected chi connectivity index (χ4v) is 3.01. The van der Waals surface area contributed by atoms with E-state index in [1.54, 1.807) is 12.3 Å². The number of fused-ring (bicyclic) bond motifs is 3. The average Bonchev–Trinajstić information content (AvgIpc) is 2.95. The van der Waals surface area contributed by atoms with Gasteiger partial charge in [-0.2, -0.15) is 0 Å². The van der Waals surface area contributed by atoms with Crippen LogP contribution in [0.15, 0.2) is 42.6 Å². The average molecular weight is 338 g/mol. The van der Waals surface area contributed by atoms with E-state index in [-0.39, 0.29) is 5.78 Å². The quantitative estimate of drug-likeness (QED) is 0.735. The number of Topliss-reactive ketones (excluding diaryl/α,β-unsaturated/α-hetero) is 1. The molecule has 130 valence electrons. The van der Waals surface area contributed by atoms with Gasteiger partial charge in [-0.3, -0.25) is 4.79 Å². The highest BCUT2D eigenvalue weighted by Crippen LogP contribution is 2.38. The molecule has 0 amide bonds. The molecule has 5 heteroatoms. The first-order valence-corrected chi connectivity index (χ1v) is 8.50. The first kappa shape index (κ1) is 17.2. The lowest BCUT2D eigenvalue weighted by molar-refractivity contribution is 0.0221. The summed E-state index contributed by atoms with van der Waals surface area (Å²) in [5.41, 5.74) is 3.64. The molecule has 5 nitrogen and oxygen atoms in total. The molecule has 3 heterocycles. The van der Waals surface area contributed by atoms with Crippen molar-refractivity contribution >= 4 is 11.4 Å². The molecular weight excluding hydrogens is 316 g/mol. The molecule has 0 spiro atoms. The molecule has 0 fully saturated rings. The number of ketones is 1. The zero-order chi connectivity index (χ0) is 18.1. The van der Waals surface area contributed by atoms with E-state index < -0.39 is 12.2 Å². The Bertz CT molecular complexity index is 916. The number of aromatic nitrogens is 2. The van der Waals surface area contributed by atoms with E-state index in [2.05, 4.69) is 4.98 Å². The van der Waals surface area contributed by atoms with Gasteiger partial charge in [-0.05, 0) is 25.5 Å². The highest BCUT2D eigenvalue weighted by Gasteiger charge is 2.38. The highest BCUT2D eigenvalue weighted by atomic mass is 16.5. The van der Waals surface area contributed by atoms with Crippen LogP contribution in [0.25, 0.3) is 5.65 Å². The lowest BCUT2D eigenvalue weighted by Gasteiger charge is -2.29. The fraction of sp³-hybridized carbons (Fsp3) is 0.300. The number of carbonyl (C=O) groups excluding carboxylic acids is 1. The van der Waals surface area contributed by atoms with Gasteiger partial charge >= 0.3 is 0 Å². The summed E-state index contributed by atoms with van der Waals surface area (Å²) in [6.07, 6.45) is -0.149. The smallest absolute Gasteiger partial charge is 0.199 e. The first-order chi connectivity index (χ1) is 12.1. The Hall–Kier alpha value is -2.66. The third-order valence-electron chi connectivity index (χ3n) is 4.42. The normalized spacial score (nSPS) is 19.0. The predicted octanol–water partition coefficient (Wildman–Crippen LogP) is 3.65. The minimum Gasteiger partial charge on any atom is -0.478 e. The SMILES string of the molecule is CC.Cc1nc2c3c(ccn2c1C)C(=O)C(O)[C@@H](c1ccccc1)O3. The Morgan fingerprint density at radius 3 is 2.48 bits per heavy atom. The molecule has 2 atom stereocenters. The maximum atomic E-state index is 12.6. The number of carbonyl (C=O) groups is 1. The number of hydrogen-bond acceptors (Lipinski definition) is 4. The third-order valence-corrected chi connectivity index (χ3v) is 4.42. The van der Waals surface area contributed by atoms with Gasteiger partial charge in [0.25, 0.3) is 0 Å². The minimum absolute atomic E-state index is 0.332. The van der Waals surface area contributed by atoms with E-state index >= 15 is 0 Å². The lowest BCUT2D eigenvalue weighted by Crippen LogP contribution is -2.36. The van der Waals surface area contributed by atoms with Crippen LogP contribution in [0.2, 0.25) is 0 Å². The number of hydrogen-bond donors (Lipinski definition) is 1. The van der Waals surface area contributed by atoms with Crippen molar-refractivity contribution in [3.05, 3.63) is 65.1 Å². The summed E-state index contributed by atoms with van der Waals surface area (Å²) in [6, 6.07) is 11.0. The number of benzene rings is 1. The highest BCUT2D eigenvalue weighted by molar-refractivity contribution is 6.04. The number of imidazole rings is 1. The lowest BCUT2D eigenvalue weighted by atomic mass is 9.94. The van der Waals surface area contributed by atoms with Crippen LogP contribution in [-0.4, -0.2) is 26.4 Å². The second-order valence-corrected chi connectivity index (χ2v) is 5.79. The Kier molecular flexibility index (Phi) is 4.59. The number of aryl methyl sites for hydroxylation is 2. The largest absolute Gasteiger partial charge is 0.478 e. The van der Waals surface area contributed by atoms with Crippen molar-refractivity contribution in [3.63, 3.8) is 0 Å². The Morgan fingerprint density at radius 2 is 1.80 bits per heavy atom. The molecule has 1 aliphatic rings. The van der Waals surface area contributed by atoms with E-state index in [0.29, 0.717) is 17.0 Å². The van der Waals surface area contributed by atoms with E-state index in [0.717, 1.165) is 17.0 Å². The third kappa shape index (κ3) is 2.70. The number of pyridine rings is 1. The van der Waals surface area contributed by atoms with Gasteiger partial charge in [-0.25, -0.2) is 4.98 Å². The van der Waals surface area contributed by atoms with Gasteiger partial charge in [0.2, 0.25) is 0 Å². The summed E-state index contributed by atoms with van der Waals surface area (Å²) >= 11 is 0. The minimum atomic E-state index is -1.22. The van der Waals surface area contributed by atoms with Gasteiger partial charge in [-0.1, -0.05) is 44.2 Å². The van der Waals surface area contributed by atoms with Gasteiger partial charge in [-0.15, -0.1) is 0 Å². The monoisotopic (exact) mass is 338 g/mol. The second-order valence-electron chi connectivity index (χ2n) is 5.79. The number of aliphatic hydroxyl groups excluding tert-OH is 1. The summed E-state index contributed by atoms with van der Waals surface area (Å²) < 4.78 is 7.93. The van der Waals surface area contributed by atoms with E-state index in [1.807, 2.05) is 62.4 Å². The van der Waals surface area contributed by atoms with Crippen molar-refractivity contribution < 1.29 is 14.6 Å². The Morgan fingerprint density at radius 1 is 1.12 bits per heavy atom. The topological polar surface area (TPSA) is 63.8 Å². The van der Waals surface area contributed by atoms with Gasteiger partial charge < -0.3 is 14.2 Å². The van der Waals surface area contributed by atoms with Crippen LogP contribution in [0.4, 0.5) is 0 Å². The van der Waals surface area contributed by atoms with Gasteiger partial charge in [0, 0.05) is 11.9 Å². The Balaban J connectivity index is 0.000000880. The first-order valence-electron chi connectivity index (χ1n) is 8.50. The number of nitrogens with zero attached hydrogens (tertiary/aromatic N) is 2. The number of ether oxygens (including phenoxy) is 1. The molecule has 0 aliphatic carbocycles. The Labute approximate surface area is 146 Å². The van der Waals surface area contributed by atoms with Crippen LogP contribution in [-0.2, 0) is 0 Å². The van der Waals surface area contributed by atoms with Crippen molar-refractivity contribution in [2.24, 2.45) is 0 Å². The van der Waals surface area contributed by atoms with Gasteiger partial charge in [0.1, 0.15) is 0 Å². The van der Waals surface area contributed by atoms with E-state index in [1.165, 1.54) is 0 Å². The molecule has 1 aliphatic heterocycles. The molecule has 25 heavy (non-hydrogen) atoms. The molecule has 1 N–H and O–H groups in total. The standard InChI is InChI=1S/C18H16N2O3.C2H6/c1-10-11(2)20-9-8-13-14(21)15(22)16(12-6-4-3-5-7-12)23-17(13)18(20)19-10;1-2/h3-9,15-16,22H,1-2H3;1-2H3/t15?,16-;/m1./s1. The molecular formula is C20H22N2O3. The summed E-state index contributed by atoms with van der Waals surface area (Å²) in [5.74, 6) is 0.105. The van der Waals surface area contributed by atoms with Crippen molar-refractivity contribution in [3.8, 4) is 5.75 Å². The molecule has 4 rings (SSSR count). The maximum absolute atomic E-state index is 12.6. The van der Waals surface area contributed by atoms with Gasteiger partial charge in [0.05, 0.1) is 11.3 Å². The molecule has 1 unspecified atom stereocenters. The van der Waals surface area contributed by atoms with Crippen LogP contribution < -0.4 is 4.74 Å². The van der Waals surface area contributed by atoms with Crippen molar-refractivity contribution in [2.75, 3.05) is 0 Å². The fourth-order valence-electron chi connectivity index (χ4n) is 3.01. The van der Waals surface area contributed by atoms with Crippen LogP contribution in [0.3, 0.4) is 0 Å². The van der Waals surface area contributed by atoms with E-state index in [9.17, 15) is 9.90 Å². The molecule has 0 saturated heterocycles. The molecule has 0 radical (unpaired) electrons. The number of aliphatic hydroxyl groups is 1. The summed E-state index contributed by atoms with van der Waals surface area (Å²) in [4.78, 5) is 17.1. The summed E-state index contributed by atoms with van der Waals surface area (Å²) in [5, 5.41) is 10.4. The van der Waals surface area contributed by atoms with Crippen molar-refractivity contribution in [1.82, 2.24) is 9.38 Å². The summed E-state index contributed by atoms with van der Waals surface area (Å²) in [7, 11) is 0. The van der Waals surface area contributed by atoms with Crippen LogP contribution in [0.1, 0.15) is 47.3 Å².